The molecule has 0 atom stereocenters. The number of ether oxygens (including phenoxy) is 1. The summed E-state index contributed by atoms with van der Waals surface area (Å²) in [4.78, 5) is 22.9. The Balaban J connectivity index is 1.64. The molecule has 3 aromatic rings. The second-order valence-electron chi connectivity index (χ2n) is 7.46. The van der Waals surface area contributed by atoms with Crippen LogP contribution in [0, 0.1) is 0 Å². The van der Waals surface area contributed by atoms with Crippen LogP contribution in [0.2, 0.25) is 5.02 Å². The SMILES string of the molecule is CN1CC(=O)NCCOc2ccc(cc2Cl)Nc2ncc(N)c(n2)Nc2cccc(c2)C1. The molecule has 2 aliphatic rings. The summed E-state index contributed by atoms with van der Waals surface area (Å²) in [7, 11) is 1.89. The van der Waals surface area contributed by atoms with Crippen molar-refractivity contribution in [2.45, 2.75) is 6.54 Å². The topological polar surface area (TPSA) is 117 Å². The summed E-state index contributed by atoms with van der Waals surface area (Å²) < 4.78 is 5.69. The molecule has 166 valence electrons. The van der Waals surface area contributed by atoms with Crippen molar-refractivity contribution in [1.82, 2.24) is 20.2 Å². The van der Waals surface area contributed by atoms with Crippen LogP contribution >= 0.6 is 11.6 Å². The number of hydrogen-bond donors (Lipinski definition) is 4. The molecule has 0 saturated heterocycles. The van der Waals surface area contributed by atoms with Gasteiger partial charge in [-0.05, 0) is 42.9 Å². The number of nitrogens with two attached hydrogens (primary N) is 1. The van der Waals surface area contributed by atoms with Crippen molar-refractivity contribution < 1.29 is 9.53 Å². The van der Waals surface area contributed by atoms with E-state index in [9.17, 15) is 4.79 Å². The Kier molecular flexibility index (Phi) is 6.58. The Morgan fingerprint density at radius 2 is 1.97 bits per heavy atom. The lowest BCUT2D eigenvalue weighted by Crippen LogP contribution is -2.36. The van der Waals surface area contributed by atoms with Crippen LogP contribution in [0.4, 0.5) is 28.8 Å². The lowest BCUT2D eigenvalue weighted by Gasteiger charge is -2.18. The highest BCUT2D eigenvalue weighted by atomic mass is 35.5. The zero-order chi connectivity index (χ0) is 22.5. The highest BCUT2D eigenvalue weighted by Gasteiger charge is 2.11. The van der Waals surface area contributed by atoms with E-state index in [0.717, 1.165) is 11.3 Å². The number of hydrogen-bond acceptors (Lipinski definition) is 8. The van der Waals surface area contributed by atoms with Gasteiger partial charge in [0.05, 0.1) is 30.0 Å². The fourth-order valence-electron chi connectivity index (χ4n) is 3.28. The van der Waals surface area contributed by atoms with Crippen molar-refractivity contribution >= 4 is 46.3 Å². The van der Waals surface area contributed by atoms with Crippen LogP contribution in [0.3, 0.4) is 0 Å². The van der Waals surface area contributed by atoms with Gasteiger partial charge in [0.15, 0.2) is 5.82 Å². The number of nitrogens with one attached hydrogen (secondary N) is 3. The number of amides is 1. The van der Waals surface area contributed by atoms with E-state index in [0.29, 0.717) is 53.6 Å². The van der Waals surface area contributed by atoms with E-state index < -0.39 is 0 Å². The molecule has 0 spiro atoms. The number of halogens is 1. The van der Waals surface area contributed by atoms with Crippen LogP contribution < -0.4 is 26.4 Å². The summed E-state index contributed by atoms with van der Waals surface area (Å²) >= 11 is 6.34. The van der Waals surface area contributed by atoms with Crippen LogP contribution in [0.15, 0.2) is 48.7 Å². The first-order valence-electron chi connectivity index (χ1n) is 10.1. The maximum Gasteiger partial charge on any atom is 0.234 e. The monoisotopic (exact) mass is 453 g/mol. The molecular weight excluding hydrogens is 430 g/mol. The molecule has 0 fully saturated rings. The number of nitrogen functional groups attached to an aromatic ring is 1. The lowest BCUT2D eigenvalue weighted by atomic mass is 10.2. The van der Waals surface area contributed by atoms with Crippen molar-refractivity contribution in [2.75, 3.05) is 43.1 Å². The molecule has 5 rings (SSSR count). The number of anilines is 5. The number of likely N-dealkylation sites (N-methyl/N-ethyl adjacent to an activating group) is 1. The van der Waals surface area contributed by atoms with Gasteiger partial charge in [0.1, 0.15) is 12.4 Å². The van der Waals surface area contributed by atoms with Gasteiger partial charge in [-0.2, -0.15) is 4.98 Å². The van der Waals surface area contributed by atoms with Crippen LogP contribution in [0.1, 0.15) is 5.56 Å². The van der Waals surface area contributed by atoms with E-state index in [2.05, 4.69) is 25.9 Å². The first-order chi connectivity index (χ1) is 15.5. The van der Waals surface area contributed by atoms with Crippen LogP contribution in [0.5, 0.6) is 5.75 Å². The van der Waals surface area contributed by atoms with Crippen molar-refractivity contribution in [3.8, 4) is 5.75 Å². The second-order valence-corrected chi connectivity index (χ2v) is 7.87. The average molecular weight is 454 g/mol. The van der Waals surface area contributed by atoms with E-state index in [1.807, 2.05) is 42.3 Å². The maximum absolute atomic E-state index is 12.2. The molecule has 9 nitrogen and oxygen atoms in total. The summed E-state index contributed by atoms with van der Waals surface area (Å²) in [5, 5.41) is 9.66. The number of fused-ring (bicyclic) bond motifs is 9. The number of rotatable bonds is 0. The highest BCUT2D eigenvalue weighted by molar-refractivity contribution is 6.32. The van der Waals surface area contributed by atoms with Crippen molar-refractivity contribution in [1.29, 1.82) is 0 Å². The van der Waals surface area contributed by atoms with Crippen molar-refractivity contribution in [3.63, 3.8) is 0 Å². The summed E-state index contributed by atoms with van der Waals surface area (Å²) in [6.45, 7) is 1.55. The fraction of sp³-hybridized carbons (Fsp3) is 0.227. The molecule has 10 heteroatoms. The Morgan fingerprint density at radius 3 is 2.81 bits per heavy atom. The Hall–Kier alpha value is -3.56. The first-order valence-corrected chi connectivity index (χ1v) is 10.5. The largest absolute Gasteiger partial charge is 0.490 e. The lowest BCUT2D eigenvalue weighted by molar-refractivity contribution is -0.122. The molecular formula is C22H24ClN7O2. The molecule has 2 aliphatic heterocycles. The number of benzene rings is 2. The van der Waals surface area contributed by atoms with Gasteiger partial charge in [-0.3, -0.25) is 9.69 Å². The molecule has 0 saturated carbocycles. The van der Waals surface area contributed by atoms with E-state index in [4.69, 9.17) is 22.1 Å². The van der Waals surface area contributed by atoms with E-state index in [1.54, 1.807) is 18.3 Å². The quantitative estimate of drug-likeness (QED) is 0.383. The normalized spacial score (nSPS) is 15.1. The summed E-state index contributed by atoms with van der Waals surface area (Å²) in [5.74, 6) is 1.30. The summed E-state index contributed by atoms with van der Waals surface area (Å²) in [6.07, 6.45) is 1.54. The van der Waals surface area contributed by atoms with Gasteiger partial charge in [-0.15, -0.1) is 0 Å². The van der Waals surface area contributed by atoms with Gasteiger partial charge < -0.3 is 26.4 Å². The highest BCUT2D eigenvalue weighted by Crippen LogP contribution is 2.29. The molecule has 6 bridgehead atoms. The van der Waals surface area contributed by atoms with Gasteiger partial charge in [0.25, 0.3) is 0 Å². The van der Waals surface area contributed by atoms with Gasteiger partial charge in [0.2, 0.25) is 11.9 Å². The zero-order valence-electron chi connectivity index (χ0n) is 17.6. The molecule has 0 aliphatic carbocycles. The van der Waals surface area contributed by atoms with Crippen LogP contribution in [0.25, 0.3) is 0 Å². The number of carbonyl (C=O) groups is 1. The fourth-order valence-corrected chi connectivity index (χ4v) is 3.52. The van der Waals surface area contributed by atoms with Gasteiger partial charge in [0, 0.05) is 17.9 Å². The van der Waals surface area contributed by atoms with Crippen molar-refractivity contribution in [2.24, 2.45) is 0 Å². The predicted molar refractivity (Wildman–Crippen MR) is 126 cm³/mol. The Labute approximate surface area is 190 Å². The number of aromatic nitrogens is 2. The zero-order valence-corrected chi connectivity index (χ0v) is 18.3. The van der Waals surface area contributed by atoms with E-state index in [-0.39, 0.29) is 12.5 Å². The van der Waals surface area contributed by atoms with Crippen LogP contribution in [-0.2, 0) is 11.3 Å². The van der Waals surface area contributed by atoms with Gasteiger partial charge in [-0.1, -0.05) is 23.7 Å². The molecule has 1 amide bonds. The molecule has 0 unspecified atom stereocenters. The van der Waals surface area contributed by atoms with E-state index >= 15 is 0 Å². The van der Waals surface area contributed by atoms with Gasteiger partial charge >= 0.3 is 0 Å². The van der Waals surface area contributed by atoms with Gasteiger partial charge in [-0.25, -0.2) is 4.98 Å². The maximum atomic E-state index is 12.2. The standard InChI is InChI=1S/C22H24ClN7O2/c1-30-12-14-3-2-4-15(9-14)27-21-18(24)11-26-22(29-21)28-16-5-6-19(17(23)10-16)32-8-7-25-20(31)13-30/h2-6,9-11H,7-8,12-13,24H2,1H3,(H,25,31)(H2,26,27,28,29). The van der Waals surface area contributed by atoms with Crippen molar-refractivity contribution in [3.05, 3.63) is 59.2 Å². The second kappa shape index (κ2) is 9.71. The number of carbonyl (C=O) groups excluding carboxylic acids is 1. The Bertz CT molecular complexity index is 1130. The molecule has 1 aromatic heterocycles. The van der Waals surface area contributed by atoms with Crippen LogP contribution in [-0.4, -0.2) is 47.5 Å². The summed E-state index contributed by atoms with van der Waals surface area (Å²) in [6, 6.07) is 13.1. The Morgan fingerprint density at radius 1 is 1.12 bits per heavy atom. The molecule has 2 aromatic carbocycles. The smallest absolute Gasteiger partial charge is 0.234 e. The minimum atomic E-state index is -0.0771. The minimum Gasteiger partial charge on any atom is -0.490 e. The summed E-state index contributed by atoms with van der Waals surface area (Å²) in [5.41, 5.74) is 9.07. The van der Waals surface area contributed by atoms with E-state index in [1.165, 1.54) is 0 Å². The first kappa shape index (κ1) is 21.7. The third-order valence-electron chi connectivity index (χ3n) is 4.74. The minimum absolute atomic E-state index is 0.0771. The molecule has 3 heterocycles. The average Bonchev–Trinajstić information content (AvgIpc) is 2.74. The number of nitrogens with zero attached hydrogens (tertiary/aromatic N) is 3. The molecule has 32 heavy (non-hydrogen) atoms. The third-order valence-corrected chi connectivity index (χ3v) is 5.04. The molecule has 5 N–H and O–H groups in total. The molecule has 0 radical (unpaired) electrons. The third kappa shape index (κ3) is 5.57. The predicted octanol–water partition coefficient (Wildman–Crippen LogP) is 3.14.